The number of benzene rings is 1. The van der Waals surface area contributed by atoms with Crippen LogP contribution in [0.3, 0.4) is 0 Å². The Morgan fingerprint density at radius 3 is 2.75 bits per heavy atom. The second kappa shape index (κ2) is 5.55. The van der Waals surface area contributed by atoms with Crippen LogP contribution >= 0.6 is 23.4 Å². The molecule has 1 heterocycles. The average molecular weight is 336 g/mol. The van der Waals surface area contributed by atoms with E-state index in [-0.39, 0.29) is 10.6 Å². The molecule has 8 heteroatoms. The Kier molecular flexibility index (Phi) is 4.34. The van der Waals surface area contributed by atoms with E-state index in [4.69, 9.17) is 11.6 Å². The summed E-state index contributed by atoms with van der Waals surface area (Å²) in [4.78, 5) is 11.3. The van der Waals surface area contributed by atoms with Crippen LogP contribution in [0, 0.1) is 6.92 Å². The van der Waals surface area contributed by atoms with E-state index in [9.17, 15) is 18.3 Å². The Labute approximate surface area is 127 Å². The number of hydrogen-bond donors (Lipinski definition) is 1. The lowest BCUT2D eigenvalue weighted by Gasteiger charge is -2.25. The molecule has 0 bridgehead atoms. The van der Waals surface area contributed by atoms with E-state index in [0.717, 1.165) is 4.31 Å². The number of carboxylic acid groups (broad SMARTS) is 1. The molecule has 1 aliphatic heterocycles. The number of hydrogen-bond acceptors (Lipinski definition) is 4. The molecule has 2 atom stereocenters. The van der Waals surface area contributed by atoms with Gasteiger partial charge in [0, 0.05) is 10.8 Å². The highest BCUT2D eigenvalue weighted by Gasteiger charge is 2.44. The van der Waals surface area contributed by atoms with E-state index in [2.05, 4.69) is 0 Å². The second-order valence-corrected chi connectivity index (χ2v) is 8.05. The van der Waals surface area contributed by atoms with Crippen LogP contribution in [-0.4, -0.2) is 41.0 Å². The van der Waals surface area contributed by atoms with Crippen molar-refractivity contribution in [3.8, 4) is 0 Å². The predicted octanol–water partition coefficient (Wildman–Crippen LogP) is 2.19. The number of rotatable bonds is 3. The first kappa shape index (κ1) is 15.6. The minimum absolute atomic E-state index is 0.0607. The fourth-order valence-corrected chi connectivity index (χ4v) is 5.92. The van der Waals surface area contributed by atoms with Gasteiger partial charge < -0.3 is 5.11 Å². The lowest BCUT2D eigenvalue weighted by atomic mass is 10.2. The molecule has 0 aromatic heterocycles. The van der Waals surface area contributed by atoms with Gasteiger partial charge in [0.2, 0.25) is 10.0 Å². The van der Waals surface area contributed by atoms with Crippen LogP contribution in [0.25, 0.3) is 0 Å². The standard InChI is InChI=1S/C12H14ClNO4S2/c1-7-9(13)4-3-5-11(7)20(17,18)14-8(2)19-6-10(14)12(15)16/h3-5,8,10H,6H2,1-2H3,(H,15,16). The molecule has 1 fully saturated rings. The molecule has 2 rings (SSSR count). The van der Waals surface area contributed by atoms with Crippen LogP contribution in [0.4, 0.5) is 0 Å². The van der Waals surface area contributed by atoms with Crippen molar-refractivity contribution in [1.29, 1.82) is 0 Å². The first-order valence-corrected chi connectivity index (χ1v) is 8.76. The van der Waals surface area contributed by atoms with E-state index in [1.54, 1.807) is 26.0 Å². The monoisotopic (exact) mass is 335 g/mol. The third-order valence-electron chi connectivity index (χ3n) is 3.22. The zero-order chi connectivity index (χ0) is 15.1. The van der Waals surface area contributed by atoms with Crippen LogP contribution in [0.5, 0.6) is 0 Å². The summed E-state index contributed by atoms with van der Waals surface area (Å²) >= 11 is 7.26. The SMILES string of the molecule is Cc1c(Cl)cccc1S(=O)(=O)N1C(C)SCC1C(=O)O. The number of carboxylic acids is 1. The summed E-state index contributed by atoms with van der Waals surface area (Å²) in [6.45, 7) is 3.30. The summed E-state index contributed by atoms with van der Waals surface area (Å²) < 4.78 is 26.5. The Morgan fingerprint density at radius 2 is 2.15 bits per heavy atom. The van der Waals surface area contributed by atoms with Crippen molar-refractivity contribution in [2.24, 2.45) is 0 Å². The molecule has 0 radical (unpaired) electrons. The largest absolute Gasteiger partial charge is 0.480 e. The Balaban J connectivity index is 2.54. The molecule has 1 N–H and O–H groups in total. The maximum Gasteiger partial charge on any atom is 0.322 e. The van der Waals surface area contributed by atoms with Gasteiger partial charge in [0.25, 0.3) is 0 Å². The molecule has 1 aromatic rings. The zero-order valence-corrected chi connectivity index (χ0v) is 13.3. The number of sulfonamides is 1. The highest BCUT2D eigenvalue weighted by Crippen LogP contribution is 2.36. The van der Waals surface area contributed by atoms with Crippen LogP contribution < -0.4 is 0 Å². The van der Waals surface area contributed by atoms with Crippen molar-refractivity contribution >= 4 is 39.4 Å². The van der Waals surface area contributed by atoms with Crippen molar-refractivity contribution in [1.82, 2.24) is 4.31 Å². The maximum absolute atomic E-state index is 12.7. The molecular weight excluding hydrogens is 322 g/mol. The van der Waals surface area contributed by atoms with E-state index in [0.29, 0.717) is 10.6 Å². The first-order chi connectivity index (χ1) is 9.26. The summed E-state index contributed by atoms with van der Waals surface area (Å²) in [7, 11) is -3.89. The summed E-state index contributed by atoms with van der Waals surface area (Å²) in [5.41, 5.74) is 0.433. The van der Waals surface area contributed by atoms with Gasteiger partial charge in [0.1, 0.15) is 6.04 Å². The Bertz CT molecular complexity index is 647. The lowest BCUT2D eigenvalue weighted by molar-refractivity contribution is -0.140. The van der Waals surface area contributed by atoms with Gasteiger partial charge in [-0.05, 0) is 31.5 Å². The van der Waals surface area contributed by atoms with Gasteiger partial charge >= 0.3 is 5.97 Å². The molecule has 110 valence electrons. The molecule has 0 saturated carbocycles. The fraction of sp³-hybridized carbons (Fsp3) is 0.417. The summed E-state index contributed by atoms with van der Waals surface area (Å²) in [5, 5.41) is 9.12. The molecule has 2 unspecified atom stereocenters. The number of carbonyl (C=O) groups is 1. The van der Waals surface area contributed by atoms with Crippen LogP contribution in [-0.2, 0) is 14.8 Å². The highest BCUT2D eigenvalue weighted by atomic mass is 35.5. The first-order valence-electron chi connectivity index (χ1n) is 5.90. The summed E-state index contributed by atoms with van der Waals surface area (Å²) in [5.74, 6) is -0.889. The number of thioether (sulfide) groups is 1. The molecular formula is C12H14ClNO4S2. The second-order valence-electron chi connectivity index (χ2n) is 4.48. The summed E-state index contributed by atoms with van der Waals surface area (Å²) in [6.07, 6.45) is 0. The van der Waals surface area contributed by atoms with Gasteiger partial charge in [-0.3, -0.25) is 4.79 Å². The van der Waals surface area contributed by atoms with Gasteiger partial charge in [-0.2, -0.15) is 4.31 Å². The molecule has 0 amide bonds. The third-order valence-corrected chi connectivity index (χ3v) is 7.10. The molecule has 1 aromatic carbocycles. The van der Waals surface area contributed by atoms with Crippen molar-refractivity contribution in [2.45, 2.75) is 30.2 Å². The topological polar surface area (TPSA) is 74.7 Å². The van der Waals surface area contributed by atoms with Gasteiger partial charge in [-0.1, -0.05) is 17.7 Å². The van der Waals surface area contributed by atoms with Crippen molar-refractivity contribution in [3.05, 3.63) is 28.8 Å². The summed E-state index contributed by atoms with van der Waals surface area (Å²) in [6, 6.07) is 3.56. The van der Waals surface area contributed by atoms with Crippen molar-refractivity contribution < 1.29 is 18.3 Å². The van der Waals surface area contributed by atoms with Crippen LogP contribution in [0.15, 0.2) is 23.1 Å². The van der Waals surface area contributed by atoms with Crippen LogP contribution in [0.2, 0.25) is 5.02 Å². The molecule has 0 aliphatic carbocycles. The normalized spacial score (nSPS) is 23.9. The maximum atomic E-state index is 12.7. The van der Waals surface area contributed by atoms with Crippen LogP contribution in [0.1, 0.15) is 12.5 Å². The van der Waals surface area contributed by atoms with E-state index >= 15 is 0 Å². The fourth-order valence-electron chi connectivity index (χ4n) is 2.15. The minimum Gasteiger partial charge on any atom is -0.480 e. The van der Waals surface area contributed by atoms with Gasteiger partial charge in [-0.15, -0.1) is 11.8 Å². The van der Waals surface area contributed by atoms with Crippen molar-refractivity contribution in [3.63, 3.8) is 0 Å². The van der Waals surface area contributed by atoms with E-state index in [1.807, 2.05) is 0 Å². The molecule has 5 nitrogen and oxygen atoms in total. The number of halogens is 1. The van der Waals surface area contributed by atoms with E-state index < -0.39 is 27.4 Å². The molecule has 0 spiro atoms. The van der Waals surface area contributed by atoms with Gasteiger partial charge in [0.15, 0.2) is 0 Å². The van der Waals surface area contributed by atoms with Crippen molar-refractivity contribution in [2.75, 3.05) is 5.75 Å². The highest BCUT2D eigenvalue weighted by molar-refractivity contribution is 8.01. The Hall–Kier alpha value is -0.760. The third kappa shape index (κ3) is 2.55. The predicted molar refractivity (Wildman–Crippen MR) is 78.6 cm³/mol. The molecule has 1 aliphatic rings. The molecule has 1 saturated heterocycles. The van der Waals surface area contributed by atoms with Gasteiger partial charge in [-0.25, -0.2) is 8.42 Å². The Morgan fingerprint density at radius 1 is 1.50 bits per heavy atom. The van der Waals surface area contributed by atoms with Gasteiger partial charge in [0.05, 0.1) is 10.3 Å². The lowest BCUT2D eigenvalue weighted by Crippen LogP contribution is -2.44. The molecule has 20 heavy (non-hydrogen) atoms. The smallest absolute Gasteiger partial charge is 0.322 e. The average Bonchev–Trinajstić information content (AvgIpc) is 2.75. The van der Waals surface area contributed by atoms with E-state index in [1.165, 1.54) is 17.8 Å². The number of nitrogens with zero attached hydrogens (tertiary/aromatic N) is 1. The number of aliphatic carboxylic acids is 1. The quantitative estimate of drug-likeness (QED) is 0.916. The zero-order valence-electron chi connectivity index (χ0n) is 10.9. The minimum atomic E-state index is -3.89.